The van der Waals surface area contributed by atoms with Crippen LogP contribution >= 0.6 is 0 Å². The zero-order chi connectivity index (χ0) is 23.1. The molecule has 3 unspecified atom stereocenters. The number of carbonyl (C=O) groups is 1. The molecule has 1 heterocycles. The van der Waals surface area contributed by atoms with Gasteiger partial charge in [0.25, 0.3) is 0 Å². The summed E-state index contributed by atoms with van der Waals surface area (Å²) in [6, 6.07) is 0. The smallest absolute Gasteiger partial charge is 0.337 e. The summed E-state index contributed by atoms with van der Waals surface area (Å²) < 4.78 is 24.3. The molecule has 1 aliphatic heterocycles. The van der Waals surface area contributed by atoms with E-state index in [2.05, 4.69) is 73.8 Å². The van der Waals surface area contributed by atoms with Gasteiger partial charge in [0.05, 0.1) is 31.5 Å². The first kappa shape index (κ1) is 25.4. The molecule has 0 saturated carbocycles. The van der Waals surface area contributed by atoms with Gasteiger partial charge in [0.2, 0.25) is 0 Å². The van der Waals surface area contributed by atoms with E-state index in [4.69, 9.17) is 18.3 Å². The second kappa shape index (κ2) is 8.56. The first-order valence-corrected chi connectivity index (χ1v) is 16.8. The molecule has 1 aliphatic carbocycles. The highest BCUT2D eigenvalue weighted by molar-refractivity contribution is 6.74. The molecule has 5 nitrogen and oxygen atoms in total. The highest BCUT2D eigenvalue weighted by Gasteiger charge is 2.49. The van der Waals surface area contributed by atoms with Crippen LogP contribution in [0.2, 0.25) is 36.3 Å². The molecule has 3 atom stereocenters. The molecule has 0 aromatic heterocycles. The fraction of sp³-hybridized carbons (Fsp3) is 0.783. The van der Waals surface area contributed by atoms with E-state index >= 15 is 0 Å². The molecule has 2 aliphatic rings. The molecule has 0 aromatic rings. The second-order valence-corrected chi connectivity index (χ2v) is 21.2. The van der Waals surface area contributed by atoms with Crippen molar-refractivity contribution in [2.24, 2.45) is 11.8 Å². The fourth-order valence-electron chi connectivity index (χ4n) is 3.34. The van der Waals surface area contributed by atoms with Crippen molar-refractivity contribution in [1.29, 1.82) is 0 Å². The summed E-state index contributed by atoms with van der Waals surface area (Å²) in [6.07, 6.45) is 4.16. The summed E-state index contributed by atoms with van der Waals surface area (Å²) in [7, 11) is -2.54. The van der Waals surface area contributed by atoms with Crippen molar-refractivity contribution in [1.82, 2.24) is 0 Å². The lowest BCUT2D eigenvalue weighted by Crippen LogP contribution is -2.49. The standard InChI is InChI=1S/C23H42O5Si2/c1-22(2,3)29(8,9)27-14-16-12-13-17-18(20(24)25-7)15-26-21(19(16)17)28-30(10,11)23(4,5)6/h12,15,17,19,21H,13-14H2,1-11H3. The number of esters is 1. The van der Waals surface area contributed by atoms with Gasteiger partial charge in [-0.15, -0.1) is 0 Å². The Morgan fingerprint density at radius 2 is 1.63 bits per heavy atom. The Kier molecular flexibility index (Phi) is 7.24. The van der Waals surface area contributed by atoms with Crippen LogP contribution in [0.15, 0.2) is 23.5 Å². The summed E-state index contributed by atoms with van der Waals surface area (Å²) in [5.74, 6) is -0.335. The third-order valence-electron chi connectivity index (χ3n) is 7.56. The number of allylic oxidation sites excluding steroid dienone is 1. The van der Waals surface area contributed by atoms with Gasteiger partial charge in [0.15, 0.2) is 22.9 Å². The van der Waals surface area contributed by atoms with Crippen LogP contribution in [-0.4, -0.2) is 42.6 Å². The minimum Gasteiger partial charge on any atom is -0.472 e. The topological polar surface area (TPSA) is 54.0 Å². The van der Waals surface area contributed by atoms with E-state index in [9.17, 15) is 4.79 Å². The predicted molar refractivity (Wildman–Crippen MR) is 126 cm³/mol. The van der Waals surface area contributed by atoms with Crippen molar-refractivity contribution in [3.05, 3.63) is 23.5 Å². The molecule has 0 fully saturated rings. The lowest BCUT2D eigenvalue weighted by molar-refractivity contribution is -0.140. The molecular weight excluding hydrogens is 412 g/mol. The number of fused-ring (bicyclic) bond motifs is 1. The zero-order valence-corrected chi connectivity index (χ0v) is 22.8. The second-order valence-electron chi connectivity index (χ2n) is 11.6. The highest BCUT2D eigenvalue weighted by atomic mass is 28.4. The molecule has 172 valence electrons. The van der Waals surface area contributed by atoms with Crippen LogP contribution < -0.4 is 0 Å². The summed E-state index contributed by atoms with van der Waals surface area (Å²) in [5, 5.41) is 0.209. The van der Waals surface area contributed by atoms with Crippen LogP contribution in [0.25, 0.3) is 0 Å². The number of hydrogen-bond acceptors (Lipinski definition) is 5. The van der Waals surface area contributed by atoms with E-state index in [1.807, 2.05) is 0 Å². The summed E-state index contributed by atoms with van der Waals surface area (Å²) in [5.41, 5.74) is 1.78. The van der Waals surface area contributed by atoms with Gasteiger partial charge in [-0.05, 0) is 48.3 Å². The minimum atomic E-state index is -2.06. The van der Waals surface area contributed by atoms with E-state index in [1.165, 1.54) is 12.7 Å². The fourth-order valence-corrected chi connectivity index (χ4v) is 5.43. The van der Waals surface area contributed by atoms with Gasteiger partial charge in [0.1, 0.15) is 0 Å². The lowest BCUT2D eigenvalue weighted by atomic mass is 9.83. The number of ether oxygens (including phenoxy) is 2. The van der Waals surface area contributed by atoms with E-state index in [1.54, 1.807) is 6.26 Å². The summed E-state index contributed by atoms with van der Waals surface area (Å²) >= 11 is 0. The van der Waals surface area contributed by atoms with Crippen molar-refractivity contribution in [3.63, 3.8) is 0 Å². The van der Waals surface area contributed by atoms with Crippen LogP contribution in [0.5, 0.6) is 0 Å². The molecule has 0 aromatic carbocycles. The first-order chi connectivity index (χ1) is 13.5. The van der Waals surface area contributed by atoms with Crippen molar-refractivity contribution < 1.29 is 23.1 Å². The molecule has 0 bridgehead atoms. The van der Waals surface area contributed by atoms with Crippen LogP contribution in [0.4, 0.5) is 0 Å². The lowest BCUT2D eigenvalue weighted by Gasteiger charge is -2.44. The van der Waals surface area contributed by atoms with Crippen LogP contribution in [0.3, 0.4) is 0 Å². The molecular formula is C23H42O5Si2. The largest absolute Gasteiger partial charge is 0.472 e. The number of carbonyl (C=O) groups excluding carboxylic acids is 1. The van der Waals surface area contributed by atoms with E-state index in [0.717, 1.165) is 6.42 Å². The molecule has 0 amide bonds. The maximum Gasteiger partial charge on any atom is 0.337 e. The monoisotopic (exact) mass is 454 g/mol. The molecule has 0 saturated heterocycles. The Morgan fingerprint density at radius 3 is 2.13 bits per heavy atom. The predicted octanol–water partition coefficient (Wildman–Crippen LogP) is 6.01. The normalized spacial score (nSPS) is 25.2. The molecule has 2 rings (SSSR count). The molecule has 7 heteroatoms. The third-order valence-corrected chi connectivity index (χ3v) is 16.5. The number of methoxy groups -OCH3 is 1. The van der Waals surface area contributed by atoms with E-state index in [0.29, 0.717) is 12.2 Å². The van der Waals surface area contributed by atoms with E-state index < -0.39 is 22.9 Å². The Bertz CT molecular complexity index is 710. The Hall–Kier alpha value is -0.896. The number of hydrogen-bond donors (Lipinski definition) is 0. The van der Waals surface area contributed by atoms with Crippen LogP contribution in [0, 0.1) is 11.8 Å². The highest BCUT2D eigenvalue weighted by Crippen LogP contribution is 2.47. The van der Waals surface area contributed by atoms with Crippen LogP contribution in [-0.2, 0) is 23.1 Å². The Morgan fingerprint density at radius 1 is 1.07 bits per heavy atom. The quantitative estimate of drug-likeness (QED) is 0.280. The average Bonchev–Trinajstić information content (AvgIpc) is 3.02. The van der Waals surface area contributed by atoms with Crippen LogP contribution in [0.1, 0.15) is 48.0 Å². The van der Waals surface area contributed by atoms with Gasteiger partial charge in [-0.2, -0.15) is 0 Å². The molecule has 0 spiro atoms. The third kappa shape index (κ3) is 5.11. The van der Waals surface area contributed by atoms with Crippen molar-refractivity contribution >= 4 is 22.6 Å². The Labute approximate surface area is 185 Å². The van der Waals surface area contributed by atoms with Gasteiger partial charge in [-0.3, -0.25) is 0 Å². The zero-order valence-electron chi connectivity index (χ0n) is 20.8. The maximum absolute atomic E-state index is 12.4. The van der Waals surface area contributed by atoms with Gasteiger partial charge < -0.3 is 18.3 Å². The summed E-state index contributed by atoms with van der Waals surface area (Å²) in [4.78, 5) is 12.4. The Balaban J connectivity index is 2.30. The van der Waals surface area contributed by atoms with Gasteiger partial charge >= 0.3 is 5.97 Å². The molecule has 30 heavy (non-hydrogen) atoms. The van der Waals surface area contributed by atoms with Gasteiger partial charge in [0, 0.05) is 5.92 Å². The number of rotatable bonds is 6. The van der Waals surface area contributed by atoms with E-state index in [-0.39, 0.29) is 27.9 Å². The first-order valence-electron chi connectivity index (χ1n) is 11.0. The maximum atomic E-state index is 12.4. The minimum absolute atomic E-state index is 0.0129. The van der Waals surface area contributed by atoms with Gasteiger partial charge in [-0.1, -0.05) is 47.6 Å². The van der Waals surface area contributed by atoms with Crippen molar-refractivity contribution in [2.45, 2.75) is 90.5 Å². The molecule has 0 radical (unpaired) electrons. The molecule has 0 N–H and O–H groups in total. The SMILES string of the molecule is COC(=O)C1=COC(O[Si](C)(C)C(C)(C)C)C2C(CO[Si](C)(C)C(C)(C)C)=CCC12. The summed E-state index contributed by atoms with van der Waals surface area (Å²) in [6.45, 7) is 23.0. The van der Waals surface area contributed by atoms with Gasteiger partial charge in [-0.25, -0.2) is 4.79 Å². The average molecular weight is 455 g/mol. The van der Waals surface area contributed by atoms with Crippen molar-refractivity contribution in [3.8, 4) is 0 Å². The van der Waals surface area contributed by atoms with Crippen molar-refractivity contribution in [2.75, 3.05) is 13.7 Å².